The van der Waals surface area contributed by atoms with Crippen LogP contribution in [-0.4, -0.2) is 44.7 Å². The summed E-state index contributed by atoms with van der Waals surface area (Å²) >= 11 is 0. The lowest BCUT2D eigenvalue weighted by molar-refractivity contribution is -0.892. The number of hydrogen-bond acceptors (Lipinski definition) is 2. The molecule has 8 heteroatoms. The van der Waals surface area contributed by atoms with Crippen molar-refractivity contribution in [3.05, 3.63) is 23.9 Å². The highest BCUT2D eigenvalue weighted by Gasteiger charge is 2.33. The maximum absolute atomic E-state index is 12.6. The normalized spacial score (nSPS) is 16.3. The van der Waals surface area contributed by atoms with Crippen LogP contribution >= 0.6 is 0 Å². The zero-order valence-electron chi connectivity index (χ0n) is 14.7. The van der Waals surface area contributed by atoms with Gasteiger partial charge in [-0.05, 0) is 18.9 Å². The summed E-state index contributed by atoms with van der Waals surface area (Å²) in [6.45, 7) is 7.53. The zero-order valence-corrected chi connectivity index (χ0v) is 14.7. The fourth-order valence-electron chi connectivity index (χ4n) is 3.03. The molecular formula is C17H27F3N4O+2. The average Bonchev–Trinajstić information content (AvgIpc) is 2.59. The lowest BCUT2D eigenvalue weighted by atomic mass is 10.2. The van der Waals surface area contributed by atoms with Gasteiger partial charge in [0.15, 0.2) is 6.54 Å². The quantitative estimate of drug-likeness (QED) is 0.778. The van der Waals surface area contributed by atoms with E-state index in [9.17, 15) is 18.0 Å². The summed E-state index contributed by atoms with van der Waals surface area (Å²) in [5.74, 6) is 0.742. The molecule has 0 saturated carbocycles. The van der Waals surface area contributed by atoms with Crippen molar-refractivity contribution < 1.29 is 27.8 Å². The molecule has 0 aliphatic carbocycles. The molecule has 2 heterocycles. The van der Waals surface area contributed by atoms with Crippen molar-refractivity contribution in [1.82, 2.24) is 5.32 Å². The minimum Gasteiger partial charge on any atom is -0.349 e. The molecule has 0 radical (unpaired) electrons. The number of H-pyrrole nitrogens is 1. The second-order valence-electron chi connectivity index (χ2n) is 6.46. The Kier molecular flexibility index (Phi) is 6.64. The number of pyridine rings is 1. The van der Waals surface area contributed by atoms with E-state index in [1.165, 1.54) is 11.0 Å². The van der Waals surface area contributed by atoms with Crippen molar-refractivity contribution in [3.8, 4) is 0 Å². The first-order chi connectivity index (χ1) is 11.8. The Hall–Kier alpha value is -1.83. The predicted octanol–water partition coefficient (Wildman–Crippen LogP) is 0.529. The molecule has 1 fully saturated rings. The standard InChI is InChI=1S/C17H25F3N4O/c1-3-14(4-2)22-16(25)12-23-7-9-24(10-8-23)15-6-5-13(11-21-15)17(18,19)20/h5-6,11,14H,3-4,7-10,12H2,1-2H3,(H,22,25)/p+2. The molecule has 2 rings (SSSR count). The average molecular weight is 360 g/mol. The minimum atomic E-state index is -4.33. The van der Waals surface area contributed by atoms with Crippen LogP contribution < -0.4 is 20.1 Å². The molecule has 140 valence electrons. The second-order valence-corrected chi connectivity index (χ2v) is 6.46. The maximum Gasteiger partial charge on any atom is 0.419 e. The summed E-state index contributed by atoms with van der Waals surface area (Å²) in [6.07, 6.45) is -1.48. The third kappa shape index (κ3) is 5.59. The Bertz CT molecular complexity index is 550. The minimum absolute atomic E-state index is 0.0678. The number of hydrogen-bond donors (Lipinski definition) is 2. The van der Waals surface area contributed by atoms with Gasteiger partial charge in [-0.15, -0.1) is 0 Å². The van der Waals surface area contributed by atoms with Crippen molar-refractivity contribution in [2.24, 2.45) is 0 Å². The SMILES string of the molecule is CCC(CC)NC(=O)C[NH+]1CCN(c2ccc(C(F)(F)F)c[nH+]2)CC1. The largest absolute Gasteiger partial charge is 0.419 e. The molecule has 25 heavy (non-hydrogen) atoms. The van der Waals surface area contributed by atoms with Crippen LogP contribution in [0.1, 0.15) is 32.3 Å². The van der Waals surface area contributed by atoms with Crippen LogP contribution in [0.5, 0.6) is 0 Å². The Morgan fingerprint density at radius 2 is 1.92 bits per heavy atom. The number of carbonyl (C=O) groups is 1. The molecule has 0 spiro atoms. The molecular weight excluding hydrogens is 333 g/mol. The van der Waals surface area contributed by atoms with E-state index in [4.69, 9.17) is 0 Å². The van der Waals surface area contributed by atoms with E-state index in [-0.39, 0.29) is 11.9 Å². The number of nitrogens with one attached hydrogen (secondary N) is 3. The second kappa shape index (κ2) is 8.51. The molecule has 3 N–H and O–H groups in total. The number of rotatable bonds is 6. The van der Waals surface area contributed by atoms with Gasteiger partial charge in [-0.3, -0.25) is 9.69 Å². The summed E-state index contributed by atoms with van der Waals surface area (Å²) in [6, 6.07) is 2.79. The summed E-state index contributed by atoms with van der Waals surface area (Å²) in [5.41, 5.74) is -0.682. The molecule has 1 saturated heterocycles. The molecule has 1 aromatic heterocycles. The summed E-state index contributed by atoms with van der Waals surface area (Å²) < 4.78 is 37.8. The summed E-state index contributed by atoms with van der Waals surface area (Å²) in [4.78, 5) is 18.0. The molecule has 1 aliphatic heterocycles. The summed E-state index contributed by atoms with van der Waals surface area (Å²) in [5, 5.41) is 3.04. The van der Waals surface area contributed by atoms with Crippen molar-refractivity contribution in [1.29, 1.82) is 0 Å². The number of piperazine rings is 1. The van der Waals surface area contributed by atoms with Crippen LogP contribution in [0.4, 0.5) is 19.0 Å². The maximum atomic E-state index is 12.6. The Morgan fingerprint density at radius 1 is 1.28 bits per heavy atom. The van der Waals surface area contributed by atoms with Gasteiger partial charge in [0.25, 0.3) is 11.7 Å². The lowest BCUT2D eigenvalue weighted by Crippen LogP contribution is -3.16. The van der Waals surface area contributed by atoms with Gasteiger partial charge in [-0.25, -0.2) is 4.98 Å². The van der Waals surface area contributed by atoms with Crippen LogP contribution in [0.25, 0.3) is 0 Å². The molecule has 1 aliphatic rings. The van der Waals surface area contributed by atoms with E-state index in [2.05, 4.69) is 24.1 Å². The van der Waals surface area contributed by atoms with E-state index >= 15 is 0 Å². The third-order valence-electron chi connectivity index (χ3n) is 4.70. The number of anilines is 1. The number of carbonyl (C=O) groups excluding carboxylic acids is 1. The predicted molar refractivity (Wildman–Crippen MR) is 88.3 cm³/mol. The number of halogens is 3. The smallest absolute Gasteiger partial charge is 0.349 e. The monoisotopic (exact) mass is 360 g/mol. The highest BCUT2D eigenvalue weighted by Crippen LogP contribution is 2.28. The molecule has 1 amide bonds. The first-order valence-corrected chi connectivity index (χ1v) is 8.80. The Balaban J connectivity index is 1.82. The van der Waals surface area contributed by atoms with Gasteiger partial charge in [0.05, 0.1) is 5.56 Å². The number of aromatic amines is 1. The first kappa shape index (κ1) is 19.5. The highest BCUT2D eigenvalue weighted by molar-refractivity contribution is 5.77. The van der Waals surface area contributed by atoms with Gasteiger partial charge in [0.1, 0.15) is 32.4 Å². The number of amides is 1. The molecule has 0 bridgehead atoms. The topological polar surface area (TPSA) is 50.9 Å². The Labute approximate surface area is 146 Å². The van der Waals surface area contributed by atoms with Crippen LogP contribution in [0.15, 0.2) is 18.3 Å². The molecule has 0 aromatic carbocycles. The van der Waals surface area contributed by atoms with Gasteiger partial charge >= 0.3 is 6.18 Å². The fourth-order valence-corrected chi connectivity index (χ4v) is 3.03. The molecule has 1 aromatic rings. The van der Waals surface area contributed by atoms with E-state index < -0.39 is 11.7 Å². The third-order valence-corrected chi connectivity index (χ3v) is 4.70. The van der Waals surface area contributed by atoms with Gasteiger partial charge in [0.2, 0.25) is 0 Å². The van der Waals surface area contributed by atoms with Crippen LogP contribution in [0.3, 0.4) is 0 Å². The lowest BCUT2D eigenvalue weighted by Gasteiger charge is -2.28. The van der Waals surface area contributed by atoms with Gasteiger partial charge in [-0.1, -0.05) is 13.8 Å². The van der Waals surface area contributed by atoms with Crippen LogP contribution in [0, 0.1) is 0 Å². The van der Waals surface area contributed by atoms with Crippen molar-refractivity contribution in [2.75, 3.05) is 37.6 Å². The Morgan fingerprint density at radius 3 is 2.40 bits per heavy atom. The number of aromatic nitrogens is 1. The van der Waals surface area contributed by atoms with Gasteiger partial charge in [-0.2, -0.15) is 13.2 Å². The first-order valence-electron chi connectivity index (χ1n) is 8.80. The number of quaternary nitrogens is 1. The fraction of sp³-hybridized carbons (Fsp3) is 0.647. The van der Waals surface area contributed by atoms with Gasteiger partial charge in [0, 0.05) is 12.1 Å². The van der Waals surface area contributed by atoms with Crippen molar-refractivity contribution in [3.63, 3.8) is 0 Å². The number of alkyl halides is 3. The summed E-state index contributed by atoms with van der Waals surface area (Å²) in [7, 11) is 0. The van der Waals surface area contributed by atoms with Gasteiger partial charge < -0.3 is 10.2 Å². The van der Waals surface area contributed by atoms with Crippen molar-refractivity contribution >= 4 is 11.7 Å². The van der Waals surface area contributed by atoms with Crippen molar-refractivity contribution in [2.45, 2.75) is 38.9 Å². The molecule has 5 nitrogen and oxygen atoms in total. The molecule has 0 unspecified atom stereocenters. The zero-order chi connectivity index (χ0) is 18.4. The van der Waals surface area contributed by atoms with E-state index in [1.807, 2.05) is 4.90 Å². The molecule has 0 atom stereocenters. The van der Waals surface area contributed by atoms with Crippen LogP contribution in [-0.2, 0) is 11.0 Å². The van der Waals surface area contributed by atoms with E-state index in [0.717, 1.165) is 38.2 Å². The van der Waals surface area contributed by atoms with Crippen LogP contribution in [0.2, 0.25) is 0 Å². The highest BCUT2D eigenvalue weighted by atomic mass is 19.4. The van der Waals surface area contributed by atoms with E-state index in [1.54, 1.807) is 0 Å². The number of nitrogens with zero attached hydrogens (tertiary/aromatic N) is 1. The van der Waals surface area contributed by atoms with E-state index in [0.29, 0.717) is 25.5 Å².